The first-order valence-electron chi connectivity index (χ1n) is 4.55. The number of aromatic nitrogens is 1. The standard InChI is InChI=1S/C10H11F3N2O/c1-5-4-7(10(11,12)13)15-6(2)8(5)9(16)14-3/h4H,1-3H3,(H,14,16). The lowest BCUT2D eigenvalue weighted by atomic mass is 10.1. The molecule has 1 N–H and O–H groups in total. The Morgan fingerprint density at radius 2 is 1.94 bits per heavy atom. The van der Waals surface area contributed by atoms with Crippen LogP contribution in [-0.2, 0) is 6.18 Å². The molecule has 1 amide bonds. The molecule has 1 heterocycles. The van der Waals surface area contributed by atoms with Crippen molar-refractivity contribution in [1.29, 1.82) is 0 Å². The van der Waals surface area contributed by atoms with Crippen LogP contribution in [-0.4, -0.2) is 17.9 Å². The zero-order valence-corrected chi connectivity index (χ0v) is 9.07. The van der Waals surface area contributed by atoms with Crippen LogP contribution in [0.5, 0.6) is 0 Å². The summed E-state index contributed by atoms with van der Waals surface area (Å²) >= 11 is 0. The van der Waals surface area contributed by atoms with E-state index < -0.39 is 17.8 Å². The molecular weight excluding hydrogens is 221 g/mol. The number of rotatable bonds is 1. The van der Waals surface area contributed by atoms with Gasteiger partial charge in [0.15, 0.2) is 0 Å². The predicted octanol–water partition coefficient (Wildman–Crippen LogP) is 2.08. The lowest BCUT2D eigenvalue weighted by molar-refractivity contribution is -0.141. The number of hydrogen-bond acceptors (Lipinski definition) is 2. The van der Waals surface area contributed by atoms with E-state index in [2.05, 4.69) is 10.3 Å². The van der Waals surface area contributed by atoms with Gasteiger partial charge in [0.05, 0.1) is 11.3 Å². The molecule has 0 aliphatic rings. The molecule has 1 aromatic rings. The quantitative estimate of drug-likeness (QED) is 0.805. The number of aryl methyl sites for hydroxylation is 2. The molecule has 0 unspecified atom stereocenters. The van der Waals surface area contributed by atoms with Crippen LogP contribution in [0.25, 0.3) is 0 Å². The van der Waals surface area contributed by atoms with E-state index in [1.54, 1.807) is 0 Å². The Hall–Kier alpha value is -1.59. The van der Waals surface area contributed by atoms with Gasteiger partial charge in [0, 0.05) is 7.05 Å². The minimum atomic E-state index is -4.49. The Balaban J connectivity index is 3.34. The number of nitrogens with one attached hydrogen (secondary N) is 1. The molecule has 16 heavy (non-hydrogen) atoms. The van der Waals surface area contributed by atoms with Crippen LogP contribution in [0.15, 0.2) is 6.07 Å². The van der Waals surface area contributed by atoms with Gasteiger partial charge in [-0.2, -0.15) is 13.2 Å². The van der Waals surface area contributed by atoms with E-state index in [-0.39, 0.29) is 16.8 Å². The molecule has 1 rings (SSSR count). The Morgan fingerprint density at radius 3 is 2.31 bits per heavy atom. The van der Waals surface area contributed by atoms with Crippen molar-refractivity contribution in [3.8, 4) is 0 Å². The highest BCUT2D eigenvalue weighted by atomic mass is 19.4. The van der Waals surface area contributed by atoms with Crippen molar-refractivity contribution in [2.75, 3.05) is 7.05 Å². The summed E-state index contributed by atoms with van der Waals surface area (Å²) < 4.78 is 37.2. The Labute approximate surface area is 90.7 Å². The Kier molecular flexibility index (Phi) is 3.21. The van der Waals surface area contributed by atoms with E-state index in [1.807, 2.05) is 0 Å². The van der Waals surface area contributed by atoms with Crippen molar-refractivity contribution in [3.05, 3.63) is 28.6 Å². The first-order valence-corrected chi connectivity index (χ1v) is 4.55. The summed E-state index contributed by atoms with van der Waals surface area (Å²) in [4.78, 5) is 14.8. The summed E-state index contributed by atoms with van der Waals surface area (Å²) in [5.74, 6) is -0.434. The lowest BCUT2D eigenvalue weighted by Crippen LogP contribution is -2.22. The van der Waals surface area contributed by atoms with Crippen LogP contribution in [0, 0.1) is 13.8 Å². The van der Waals surface area contributed by atoms with Gasteiger partial charge < -0.3 is 5.32 Å². The maximum absolute atomic E-state index is 12.4. The van der Waals surface area contributed by atoms with Crippen LogP contribution in [0.2, 0.25) is 0 Å². The number of carbonyl (C=O) groups is 1. The van der Waals surface area contributed by atoms with Crippen molar-refractivity contribution < 1.29 is 18.0 Å². The summed E-state index contributed by atoms with van der Waals surface area (Å²) in [5.41, 5.74) is -0.448. The molecule has 6 heteroatoms. The second kappa shape index (κ2) is 4.11. The number of nitrogens with zero attached hydrogens (tertiary/aromatic N) is 1. The van der Waals surface area contributed by atoms with Crippen molar-refractivity contribution >= 4 is 5.91 Å². The normalized spacial score (nSPS) is 11.4. The summed E-state index contributed by atoms with van der Waals surface area (Å²) in [6, 6.07) is 0.873. The second-order valence-corrected chi connectivity index (χ2v) is 3.36. The fourth-order valence-electron chi connectivity index (χ4n) is 1.45. The minimum absolute atomic E-state index is 0.0756. The van der Waals surface area contributed by atoms with Crippen molar-refractivity contribution in [3.63, 3.8) is 0 Å². The first-order chi connectivity index (χ1) is 7.27. The topological polar surface area (TPSA) is 42.0 Å². The smallest absolute Gasteiger partial charge is 0.355 e. The maximum atomic E-state index is 12.4. The van der Waals surface area contributed by atoms with Crippen LogP contribution in [0.1, 0.15) is 27.3 Å². The third-order valence-electron chi connectivity index (χ3n) is 2.14. The highest BCUT2D eigenvalue weighted by Gasteiger charge is 2.33. The Morgan fingerprint density at radius 1 is 1.38 bits per heavy atom. The number of halogens is 3. The van der Waals surface area contributed by atoms with Crippen LogP contribution < -0.4 is 5.32 Å². The van der Waals surface area contributed by atoms with E-state index in [4.69, 9.17) is 0 Å². The number of hydrogen-bond donors (Lipinski definition) is 1. The van der Waals surface area contributed by atoms with Crippen LogP contribution in [0.3, 0.4) is 0 Å². The van der Waals surface area contributed by atoms with Gasteiger partial charge in [-0.1, -0.05) is 0 Å². The minimum Gasteiger partial charge on any atom is -0.355 e. The van der Waals surface area contributed by atoms with Gasteiger partial charge >= 0.3 is 6.18 Å². The number of amides is 1. The fraction of sp³-hybridized carbons (Fsp3) is 0.400. The molecule has 0 atom stereocenters. The fourth-order valence-corrected chi connectivity index (χ4v) is 1.45. The molecule has 0 fully saturated rings. The highest BCUT2D eigenvalue weighted by Crippen LogP contribution is 2.29. The van der Waals surface area contributed by atoms with Crippen molar-refractivity contribution in [1.82, 2.24) is 10.3 Å². The Bertz CT molecular complexity index is 404. The molecule has 0 bridgehead atoms. The first kappa shape index (κ1) is 12.5. The number of carbonyl (C=O) groups excluding carboxylic acids is 1. The van der Waals surface area contributed by atoms with Gasteiger partial charge in [-0.05, 0) is 25.5 Å². The molecule has 88 valence electrons. The third-order valence-corrected chi connectivity index (χ3v) is 2.14. The van der Waals surface area contributed by atoms with Crippen molar-refractivity contribution in [2.24, 2.45) is 0 Å². The molecule has 0 radical (unpaired) electrons. The maximum Gasteiger partial charge on any atom is 0.433 e. The number of alkyl halides is 3. The molecule has 0 saturated heterocycles. The van der Waals surface area contributed by atoms with Gasteiger partial charge in [0.25, 0.3) is 5.91 Å². The van der Waals surface area contributed by atoms with E-state index in [9.17, 15) is 18.0 Å². The largest absolute Gasteiger partial charge is 0.433 e. The number of pyridine rings is 1. The average Bonchev–Trinajstić information content (AvgIpc) is 2.14. The summed E-state index contributed by atoms with van der Waals surface area (Å²) in [6.45, 7) is 2.83. The van der Waals surface area contributed by atoms with Crippen LogP contribution >= 0.6 is 0 Å². The molecule has 0 saturated carbocycles. The zero-order valence-electron chi connectivity index (χ0n) is 9.07. The SMILES string of the molecule is CNC(=O)c1c(C)cc(C(F)(F)F)nc1C. The summed E-state index contributed by atoms with van der Waals surface area (Å²) in [7, 11) is 1.42. The lowest BCUT2D eigenvalue weighted by Gasteiger charge is -2.12. The van der Waals surface area contributed by atoms with Gasteiger partial charge in [-0.15, -0.1) is 0 Å². The van der Waals surface area contributed by atoms with E-state index in [1.165, 1.54) is 20.9 Å². The van der Waals surface area contributed by atoms with Crippen molar-refractivity contribution in [2.45, 2.75) is 20.0 Å². The molecule has 0 aliphatic carbocycles. The van der Waals surface area contributed by atoms with Crippen LogP contribution in [0.4, 0.5) is 13.2 Å². The molecule has 0 spiro atoms. The molecule has 0 aliphatic heterocycles. The van der Waals surface area contributed by atoms with E-state index in [0.29, 0.717) is 0 Å². The summed E-state index contributed by atoms with van der Waals surface area (Å²) in [5, 5.41) is 2.36. The van der Waals surface area contributed by atoms with Gasteiger partial charge in [-0.3, -0.25) is 4.79 Å². The van der Waals surface area contributed by atoms with Gasteiger partial charge in [0.1, 0.15) is 5.69 Å². The zero-order chi connectivity index (χ0) is 12.5. The summed E-state index contributed by atoms with van der Waals surface area (Å²) in [6.07, 6.45) is -4.49. The van der Waals surface area contributed by atoms with E-state index >= 15 is 0 Å². The average molecular weight is 232 g/mol. The highest BCUT2D eigenvalue weighted by molar-refractivity contribution is 5.96. The predicted molar refractivity (Wildman–Crippen MR) is 52.1 cm³/mol. The monoisotopic (exact) mass is 232 g/mol. The molecule has 1 aromatic heterocycles. The molecular formula is C10H11F3N2O. The van der Waals surface area contributed by atoms with E-state index in [0.717, 1.165) is 6.07 Å². The second-order valence-electron chi connectivity index (χ2n) is 3.36. The van der Waals surface area contributed by atoms with Gasteiger partial charge in [0.2, 0.25) is 0 Å². The molecule has 0 aromatic carbocycles. The molecule has 3 nitrogen and oxygen atoms in total. The third kappa shape index (κ3) is 2.32. The van der Waals surface area contributed by atoms with Gasteiger partial charge in [-0.25, -0.2) is 4.98 Å².